The molecule has 0 bridgehead atoms. The molecule has 1 unspecified atom stereocenters. The molecule has 0 aliphatic rings. The number of rotatable bonds is 8. The normalized spacial score (nSPS) is 11.9. The third-order valence-corrected chi connectivity index (χ3v) is 5.54. The summed E-state index contributed by atoms with van der Waals surface area (Å²) >= 11 is 0. The molecule has 2 rings (SSSR count). The van der Waals surface area contributed by atoms with E-state index in [9.17, 15) is 18.0 Å². The van der Waals surface area contributed by atoms with Crippen LogP contribution in [-0.2, 0) is 19.6 Å². The molecule has 0 heterocycles. The molecule has 0 aromatic heterocycles. The number of nitrogens with zero attached hydrogens (tertiary/aromatic N) is 1. The fourth-order valence-corrected chi connectivity index (χ4v) is 4.05. The average molecular weight is 436 g/mol. The number of carbonyl (C=O) groups excluding carboxylic acids is 2. The average Bonchev–Trinajstić information content (AvgIpc) is 2.72. The molecule has 0 aliphatic heterocycles. The molecular formula is C20H24N2O7S. The number of anilines is 2. The largest absolute Gasteiger partial charge is 0.493 e. The van der Waals surface area contributed by atoms with Gasteiger partial charge in [0, 0.05) is 6.07 Å². The molecule has 0 aliphatic carbocycles. The van der Waals surface area contributed by atoms with Gasteiger partial charge in [-0.2, -0.15) is 0 Å². The van der Waals surface area contributed by atoms with Crippen LogP contribution in [0.4, 0.5) is 11.4 Å². The molecule has 1 N–H and O–H groups in total. The lowest BCUT2D eigenvalue weighted by atomic mass is 10.1. The maximum atomic E-state index is 12.9. The van der Waals surface area contributed by atoms with Crippen molar-refractivity contribution in [3.63, 3.8) is 0 Å². The van der Waals surface area contributed by atoms with E-state index in [1.54, 1.807) is 18.2 Å². The first-order valence-corrected chi connectivity index (χ1v) is 10.7. The molecule has 1 atom stereocenters. The van der Waals surface area contributed by atoms with E-state index in [1.165, 1.54) is 52.5 Å². The monoisotopic (exact) mass is 436 g/mol. The third kappa shape index (κ3) is 5.01. The SMILES string of the molecule is COC(=O)c1ccccc1NC(=O)C(C)N(c1ccc(OC)c(OC)c1)S(C)(=O)=O. The summed E-state index contributed by atoms with van der Waals surface area (Å²) in [6, 6.07) is 9.66. The van der Waals surface area contributed by atoms with Gasteiger partial charge >= 0.3 is 5.97 Å². The van der Waals surface area contributed by atoms with Crippen LogP contribution in [0.15, 0.2) is 42.5 Å². The van der Waals surface area contributed by atoms with Gasteiger partial charge in [-0.05, 0) is 31.2 Å². The summed E-state index contributed by atoms with van der Waals surface area (Å²) in [7, 11) is 0.264. The minimum Gasteiger partial charge on any atom is -0.493 e. The molecule has 2 aromatic rings. The van der Waals surface area contributed by atoms with E-state index in [1.807, 2.05) is 0 Å². The molecular weight excluding hydrogens is 412 g/mol. The molecule has 10 heteroatoms. The molecule has 0 fully saturated rings. The fourth-order valence-electron chi connectivity index (χ4n) is 2.89. The van der Waals surface area contributed by atoms with E-state index in [-0.39, 0.29) is 16.9 Å². The first-order chi connectivity index (χ1) is 14.1. The Kier molecular flexibility index (Phi) is 7.28. The third-order valence-electron chi connectivity index (χ3n) is 4.30. The zero-order chi connectivity index (χ0) is 22.5. The van der Waals surface area contributed by atoms with Gasteiger partial charge in [0.05, 0.1) is 44.5 Å². The van der Waals surface area contributed by atoms with Gasteiger partial charge in [-0.15, -0.1) is 0 Å². The Morgan fingerprint density at radius 1 is 1.00 bits per heavy atom. The second-order valence-corrected chi connectivity index (χ2v) is 8.16. The predicted octanol–water partition coefficient (Wildman–Crippen LogP) is 2.28. The highest BCUT2D eigenvalue weighted by Gasteiger charge is 2.30. The van der Waals surface area contributed by atoms with Gasteiger partial charge in [-0.1, -0.05) is 12.1 Å². The number of nitrogens with one attached hydrogen (secondary N) is 1. The zero-order valence-electron chi connectivity index (χ0n) is 17.3. The molecule has 1 amide bonds. The molecule has 0 spiro atoms. The Morgan fingerprint density at radius 2 is 1.63 bits per heavy atom. The first kappa shape index (κ1) is 23.0. The molecule has 2 aromatic carbocycles. The van der Waals surface area contributed by atoms with Crippen molar-refractivity contribution in [3.05, 3.63) is 48.0 Å². The number of benzene rings is 2. The fraction of sp³-hybridized carbons (Fsp3) is 0.300. The molecule has 0 radical (unpaired) electrons. The number of hydrogen-bond acceptors (Lipinski definition) is 7. The lowest BCUT2D eigenvalue weighted by Crippen LogP contribution is -2.45. The van der Waals surface area contributed by atoms with Crippen molar-refractivity contribution in [2.24, 2.45) is 0 Å². The van der Waals surface area contributed by atoms with Crippen LogP contribution in [-0.4, -0.2) is 53.9 Å². The van der Waals surface area contributed by atoms with Crippen LogP contribution >= 0.6 is 0 Å². The second kappa shape index (κ2) is 9.49. The number of hydrogen-bond donors (Lipinski definition) is 1. The maximum absolute atomic E-state index is 12.9. The number of esters is 1. The van der Waals surface area contributed by atoms with Gasteiger partial charge in [-0.25, -0.2) is 13.2 Å². The van der Waals surface area contributed by atoms with E-state index >= 15 is 0 Å². The van der Waals surface area contributed by atoms with E-state index in [0.717, 1.165) is 10.6 Å². The Balaban J connectivity index is 2.41. The van der Waals surface area contributed by atoms with E-state index < -0.39 is 27.9 Å². The summed E-state index contributed by atoms with van der Waals surface area (Å²) in [6.07, 6.45) is 0.996. The van der Waals surface area contributed by atoms with Crippen molar-refractivity contribution in [3.8, 4) is 11.5 Å². The van der Waals surface area contributed by atoms with Crippen molar-refractivity contribution in [1.82, 2.24) is 0 Å². The standard InChI is InChI=1S/C20H24N2O7S/c1-13(19(23)21-16-9-7-6-8-15(16)20(24)29-4)22(30(5,25)26)14-10-11-17(27-2)18(12-14)28-3/h6-13H,1-5H3,(H,21,23). The van der Waals surface area contributed by atoms with Gasteiger partial charge in [0.25, 0.3) is 0 Å². The van der Waals surface area contributed by atoms with Crippen LogP contribution in [0.1, 0.15) is 17.3 Å². The minimum absolute atomic E-state index is 0.151. The Hall–Kier alpha value is -3.27. The second-order valence-electron chi connectivity index (χ2n) is 6.30. The van der Waals surface area contributed by atoms with Crippen LogP contribution in [0.3, 0.4) is 0 Å². The minimum atomic E-state index is -3.85. The summed E-state index contributed by atoms with van der Waals surface area (Å²) in [4.78, 5) is 24.8. The van der Waals surface area contributed by atoms with E-state index in [0.29, 0.717) is 11.5 Å². The Bertz CT molecular complexity index is 1040. The van der Waals surface area contributed by atoms with Crippen LogP contribution in [0.5, 0.6) is 11.5 Å². The molecule has 9 nitrogen and oxygen atoms in total. The summed E-state index contributed by atoms with van der Waals surface area (Å²) in [5, 5.41) is 2.60. The smallest absolute Gasteiger partial charge is 0.339 e. The number of methoxy groups -OCH3 is 3. The summed E-state index contributed by atoms with van der Waals surface area (Å²) in [5.41, 5.74) is 0.582. The Labute approximate surface area is 175 Å². The summed E-state index contributed by atoms with van der Waals surface area (Å²) < 4.78 is 41.1. The highest BCUT2D eigenvalue weighted by molar-refractivity contribution is 7.92. The van der Waals surface area contributed by atoms with E-state index in [2.05, 4.69) is 5.32 Å². The van der Waals surface area contributed by atoms with Gasteiger partial charge < -0.3 is 19.5 Å². The number of sulfonamides is 1. The predicted molar refractivity (Wildman–Crippen MR) is 113 cm³/mol. The highest BCUT2D eigenvalue weighted by Crippen LogP contribution is 2.33. The quantitative estimate of drug-likeness (QED) is 0.632. The molecule has 30 heavy (non-hydrogen) atoms. The highest BCUT2D eigenvalue weighted by atomic mass is 32.2. The molecule has 0 saturated heterocycles. The summed E-state index contributed by atoms with van der Waals surface area (Å²) in [5.74, 6) is -0.531. The van der Waals surface area contributed by atoms with Crippen molar-refractivity contribution >= 4 is 33.3 Å². The lowest BCUT2D eigenvalue weighted by molar-refractivity contribution is -0.116. The number of para-hydroxylation sites is 1. The van der Waals surface area contributed by atoms with Crippen molar-refractivity contribution < 1.29 is 32.2 Å². The zero-order valence-corrected chi connectivity index (χ0v) is 18.1. The molecule has 0 saturated carbocycles. The van der Waals surface area contributed by atoms with Gasteiger partial charge in [0.2, 0.25) is 15.9 Å². The number of carbonyl (C=O) groups is 2. The van der Waals surface area contributed by atoms with Crippen LogP contribution < -0.4 is 19.1 Å². The van der Waals surface area contributed by atoms with Crippen LogP contribution in [0.25, 0.3) is 0 Å². The van der Waals surface area contributed by atoms with Crippen LogP contribution in [0.2, 0.25) is 0 Å². The lowest BCUT2D eigenvalue weighted by Gasteiger charge is -2.29. The van der Waals surface area contributed by atoms with Crippen LogP contribution in [0, 0.1) is 0 Å². The summed E-state index contributed by atoms with van der Waals surface area (Å²) in [6.45, 7) is 1.44. The van der Waals surface area contributed by atoms with E-state index in [4.69, 9.17) is 14.2 Å². The van der Waals surface area contributed by atoms with Crippen molar-refractivity contribution in [1.29, 1.82) is 0 Å². The topological polar surface area (TPSA) is 111 Å². The number of amides is 1. The first-order valence-electron chi connectivity index (χ1n) is 8.83. The van der Waals surface area contributed by atoms with Gasteiger partial charge in [-0.3, -0.25) is 9.10 Å². The van der Waals surface area contributed by atoms with Crippen molar-refractivity contribution in [2.45, 2.75) is 13.0 Å². The van der Waals surface area contributed by atoms with Crippen molar-refractivity contribution in [2.75, 3.05) is 37.2 Å². The van der Waals surface area contributed by atoms with Gasteiger partial charge in [0.1, 0.15) is 6.04 Å². The Morgan fingerprint density at radius 3 is 2.20 bits per heavy atom. The number of ether oxygens (including phenoxy) is 3. The molecule has 162 valence electrons. The van der Waals surface area contributed by atoms with Gasteiger partial charge in [0.15, 0.2) is 11.5 Å². The maximum Gasteiger partial charge on any atom is 0.339 e.